The van der Waals surface area contributed by atoms with Crippen LogP contribution in [0.3, 0.4) is 0 Å². The Kier molecular flexibility index (Phi) is 32.1. The molecule has 322 valence electrons. The van der Waals surface area contributed by atoms with Crippen LogP contribution in [0.4, 0.5) is 0 Å². The van der Waals surface area contributed by atoms with E-state index in [-0.39, 0.29) is 19.4 Å². The molecule has 6 atom stereocenters. The predicted molar refractivity (Wildman–Crippen MR) is 224 cm³/mol. The molecule has 0 spiro atoms. The molecule has 6 unspecified atom stereocenters. The number of rotatable bonds is 33. The quantitative estimate of drug-likeness (QED) is 0.0285. The summed E-state index contributed by atoms with van der Waals surface area (Å²) < 4.78 is 21.6. The van der Waals surface area contributed by atoms with Crippen LogP contribution in [0.25, 0.3) is 0 Å². The lowest BCUT2D eigenvalue weighted by molar-refractivity contribution is -0.298. The summed E-state index contributed by atoms with van der Waals surface area (Å²) in [6.45, 7) is 3.57. The zero-order valence-electron chi connectivity index (χ0n) is 34.5. The van der Waals surface area contributed by atoms with Gasteiger partial charge in [0, 0.05) is 12.8 Å². The number of unbranched alkanes of at least 4 members (excludes halogenated alkanes) is 8. The number of carbonyl (C=O) groups excluding carboxylic acids is 2. The van der Waals surface area contributed by atoms with Crippen LogP contribution in [0.5, 0.6) is 0 Å². The number of carbonyl (C=O) groups is 3. The Morgan fingerprint density at radius 1 is 0.561 bits per heavy atom. The van der Waals surface area contributed by atoms with Gasteiger partial charge in [-0.2, -0.15) is 0 Å². The number of aliphatic hydroxyl groups excluding tert-OH is 3. The summed E-state index contributed by atoms with van der Waals surface area (Å²) in [4.78, 5) is 36.7. The van der Waals surface area contributed by atoms with Crippen molar-refractivity contribution in [1.29, 1.82) is 0 Å². The number of aliphatic carboxylic acids is 1. The number of ether oxygens (including phenoxy) is 4. The lowest BCUT2D eigenvalue weighted by atomic mass is 9.99. The van der Waals surface area contributed by atoms with E-state index < -0.39 is 61.3 Å². The van der Waals surface area contributed by atoms with Crippen molar-refractivity contribution in [2.45, 2.75) is 173 Å². The molecule has 0 aromatic rings. The van der Waals surface area contributed by atoms with Crippen molar-refractivity contribution >= 4 is 17.9 Å². The van der Waals surface area contributed by atoms with Crippen molar-refractivity contribution in [1.82, 2.24) is 0 Å². The van der Waals surface area contributed by atoms with Crippen molar-refractivity contribution in [2.24, 2.45) is 0 Å². The predicted octanol–water partition coefficient (Wildman–Crippen LogP) is 8.70. The van der Waals surface area contributed by atoms with Gasteiger partial charge in [-0.05, 0) is 77.0 Å². The lowest BCUT2D eigenvalue weighted by Gasteiger charge is -2.38. The van der Waals surface area contributed by atoms with Crippen LogP contribution in [-0.4, -0.2) is 88.4 Å². The minimum atomic E-state index is -1.87. The first-order valence-corrected chi connectivity index (χ1v) is 21.1. The monoisotopic (exact) mass is 801 g/mol. The normalized spacial score (nSPS) is 21.0. The van der Waals surface area contributed by atoms with Crippen molar-refractivity contribution in [3.8, 4) is 0 Å². The van der Waals surface area contributed by atoms with Crippen LogP contribution in [0.2, 0.25) is 0 Å². The molecule has 1 aliphatic rings. The van der Waals surface area contributed by atoms with E-state index in [1.165, 1.54) is 12.8 Å². The zero-order valence-corrected chi connectivity index (χ0v) is 34.5. The van der Waals surface area contributed by atoms with Gasteiger partial charge in [-0.3, -0.25) is 9.59 Å². The zero-order chi connectivity index (χ0) is 41.8. The lowest BCUT2D eigenvalue weighted by Crippen LogP contribution is -2.60. The number of esters is 2. The van der Waals surface area contributed by atoms with E-state index in [2.05, 4.69) is 86.8 Å². The van der Waals surface area contributed by atoms with Crippen molar-refractivity contribution in [3.05, 3.63) is 85.1 Å². The van der Waals surface area contributed by atoms with E-state index in [0.29, 0.717) is 19.3 Å². The first kappa shape index (κ1) is 51.4. The Labute approximate surface area is 341 Å². The van der Waals surface area contributed by atoms with Crippen molar-refractivity contribution in [2.75, 3.05) is 13.2 Å². The first-order valence-electron chi connectivity index (χ1n) is 21.1. The average Bonchev–Trinajstić information content (AvgIpc) is 3.19. The smallest absolute Gasteiger partial charge is 0.335 e. The van der Waals surface area contributed by atoms with Gasteiger partial charge in [0.05, 0.1) is 6.61 Å². The number of carboxylic acid groups (broad SMARTS) is 1. The Morgan fingerprint density at radius 2 is 1.05 bits per heavy atom. The number of aliphatic hydroxyl groups is 3. The molecule has 1 aliphatic heterocycles. The van der Waals surface area contributed by atoms with Gasteiger partial charge >= 0.3 is 17.9 Å². The number of hydrogen-bond acceptors (Lipinski definition) is 10. The molecule has 1 saturated heterocycles. The molecule has 0 aromatic carbocycles. The third-order valence-electron chi connectivity index (χ3n) is 8.98. The molecule has 0 aromatic heterocycles. The molecule has 0 amide bonds. The van der Waals surface area contributed by atoms with E-state index in [9.17, 15) is 34.8 Å². The largest absolute Gasteiger partial charge is 0.479 e. The van der Waals surface area contributed by atoms with E-state index >= 15 is 0 Å². The highest BCUT2D eigenvalue weighted by atomic mass is 16.7. The van der Waals surface area contributed by atoms with Gasteiger partial charge in [0.25, 0.3) is 0 Å². The molecule has 0 radical (unpaired) electrons. The fourth-order valence-corrected chi connectivity index (χ4v) is 5.63. The average molecular weight is 801 g/mol. The Bertz CT molecular complexity index is 1260. The summed E-state index contributed by atoms with van der Waals surface area (Å²) >= 11 is 0. The highest BCUT2D eigenvalue weighted by molar-refractivity contribution is 5.73. The van der Waals surface area contributed by atoms with Crippen LogP contribution in [-0.2, 0) is 33.3 Å². The third kappa shape index (κ3) is 27.6. The highest BCUT2D eigenvalue weighted by Gasteiger charge is 2.47. The standard InChI is InChI=1S/C46H72O11/c1-3-5-7-9-11-13-15-17-19-20-21-23-24-26-28-30-32-34-39(47)54-36-38(37-55-46-43(51)41(49)42(50)44(57-46)45(52)53)56-40(48)35-33-31-29-27-25-22-18-16-14-12-10-8-6-4-2/h5,7,10-13,16-19,21,23,26,28,38,41-44,46,49-51H,3-4,6,8-9,14-15,20,22,24-25,27,29-37H2,1-2H3,(H,52,53)/b7-5-,12-10-,13-11-,18-16-,19-17-,23-21-,28-26-. The second kappa shape index (κ2) is 35.5. The molecule has 1 heterocycles. The van der Waals surface area contributed by atoms with E-state index in [1.807, 2.05) is 12.2 Å². The van der Waals surface area contributed by atoms with Crippen LogP contribution in [0, 0.1) is 0 Å². The molecule has 1 fully saturated rings. The first-order chi connectivity index (χ1) is 27.7. The summed E-state index contributed by atoms with van der Waals surface area (Å²) in [5.74, 6) is -2.55. The van der Waals surface area contributed by atoms with Crippen LogP contribution in [0.1, 0.15) is 136 Å². The second-order valence-corrected chi connectivity index (χ2v) is 14.1. The second-order valence-electron chi connectivity index (χ2n) is 14.1. The fourth-order valence-electron chi connectivity index (χ4n) is 5.63. The molecule has 0 aliphatic carbocycles. The molecule has 0 saturated carbocycles. The maximum absolute atomic E-state index is 12.7. The Hall–Kier alpha value is -3.61. The van der Waals surface area contributed by atoms with Gasteiger partial charge in [-0.15, -0.1) is 0 Å². The number of carboxylic acids is 1. The molecular formula is C46H72O11. The third-order valence-corrected chi connectivity index (χ3v) is 8.98. The highest BCUT2D eigenvalue weighted by Crippen LogP contribution is 2.23. The fraction of sp³-hybridized carbons (Fsp3) is 0.630. The maximum atomic E-state index is 12.7. The molecule has 0 bridgehead atoms. The molecule has 11 heteroatoms. The van der Waals surface area contributed by atoms with Gasteiger partial charge in [0.2, 0.25) is 0 Å². The topological polar surface area (TPSA) is 169 Å². The summed E-state index contributed by atoms with van der Waals surface area (Å²) in [5, 5.41) is 39.7. The summed E-state index contributed by atoms with van der Waals surface area (Å²) in [6, 6.07) is 0. The van der Waals surface area contributed by atoms with Crippen molar-refractivity contribution in [3.63, 3.8) is 0 Å². The molecule has 1 rings (SSSR count). The molecule has 57 heavy (non-hydrogen) atoms. The minimum Gasteiger partial charge on any atom is -0.479 e. The van der Waals surface area contributed by atoms with Gasteiger partial charge in [0.1, 0.15) is 24.9 Å². The Balaban J connectivity index is 2.46. The summed E-state index contributed by atoms with van der Waals surface area (Å²) in [5.41, 5.74) is 0. The summed E-state index contributed by atoms with van der Waals surface area (Å²) in [6.07, 6.45) is 36.4. The SMILES string of the molecule is CC/C=C\C/C=C\C/C=C\C/C=C\C/C=C\CCCC(=O)OCC(COC1OC(C(=O)O)C(O)C(O)C1O)OC(=O)CCCCCCC/C=C\C/C=C\CCCC. The van der Waals surface area contributed by atoms with Gasteiger partial charge in [0.15, 0.2) is 18.5 Å². The van der Waals surface area contributed by atoms with E-state index in [1.54, 1.807) is 0 Å². The maximum Gasteiger partial charge on any atom is 0.335 e. The summed E-state index contributed by atoms with van der Waals surface area (Å²) in [7, 11) is 0. The molecular weight excluding hydrogens is 728 g/mol. The van der Waals surface area contributed by atoms with Gasteiger partial charge in [-0.25, -0.2) is 4.79 Å². The van der Waals surface area contributed by atoms with E-state index in [0.717, 1.165) is 77.0 Å². The molecule has 11 nitrogen and oxygen atoms in total. The van der Waals surface area contributed by atoms with Gasteiger partial charge < -0.3 is 39.4 Å². The molecule has 4 N–H and O–H groups in total. The van der Waals surface area contributed by atoms with Crippen LogP contribution >= 0.6 is 0 Å². The van der Waals surface area contributed by atoms with Crippen molar-refractivity contribution < 1.29 is 53.8 Å². The van der Waals surface area contributed by atoms with Gasteiger partial charge in [-0.1, -0.05) is 131 Å². The minimum absolute atomic E-state index is 0.149. The number of hydrogen-bond donors (Lipinski definition) is 4. The van der Waals surface area contributed by atoms with Crippen LogP contribution in [0.15, 0.2) is 85.1 Å². The number of allylic oxidation sites excluding steroid dienone is 14. The Morgan fingerprint density at radius 3 is 1.61 bits per heavy atom. The van der Waals surface area contributed by atoms with E-state index in [4.69, 9.17) is 18.9 Å². The van der Waals surface area contributed by atoms with Crippen LogP contribution < -0.4 is 0 Å².